The van der Waals surface area contributed by atoms with Gasteiger partial charge in [-0.3, -0.25) is 0 Å². The fourth-order valence-electron chi connectivity index (χ4n) is 1.73. The lowest BCUT2D eigenvalue weighted by Crippen LogP contribution is -2.04. The van der Waals surface area contributed by atoms with E-state index in [0.29, 0.717) is 13.2 Å². The third kappa shape index (κ3) is 3.28. The van der Waals surface area contributed by atoms with Gasteiger partial charge >= 0.3 is 0 Å². The molecule has 2 rings (SSSR count). The fraction of sp³-hybridized carbons (Fsp3) is 0.200. The smallest absolute Gasteiger partial charge is 0.119 e. The minimum absolute atomic E-state index is 0.547. The highest BCUT2D eigenvalue weighted by atomic mass is 32.2. The summed E-state index contributed by atoms with van der Waals surface area (Å²) in [5.41, 5.74) is 7.98. The van der Waals surface area contributed by atoms with Crippen LogP contribution < -0.4 is 10.5 Å². The second-order valence-corrected chi connectivity index (χ2v) is 4.82. The molecule has 0 spiro atoms. The molecule has 0 aliphatic carbocycles. The Bertz CT molecular complexity index is 496. The molecule has 0 heterocycles. The first-order valence-corrected chi connectivity index (χ1v) is 7.09. The molecule has 0 radical (unpaired) electrons. The number of hydrogen-bond donors (Lipinski definition) is 1. The average molecular weight is 259 g/mol. The highest BCUT2D eigenvalue weighted by molar-refractivity contribution is 7.98. The first kappa shape index (κ1) is 13.0. The van der Waals surface area contributed by atoms with Crippen molar-refractivity contribution in [3.63, 3.8) is 0 Å². The number of hydrogen-bond acceptors (Lipinski definition) is 3. The van der Waals surface area contributed by atoms with Gasteiger partial charge in [0.15, 0.2) is 0 Å². The van der Waals surface area contributed by atoms with Crippen molar-refractivity contribution in [1.82, 2.24) is 0 Å². The van der Waals surface area contributed by atoms with Crippen molar-refractivity contribution >= 4 is 11.8 Å². The molecule has 94 valence electrons. The standard InChI is InChI=1S/C15H17NOS/c1-18-15-8-6-14(7-9-15)17-11-13-5-3-2-4-12(13)10-16/h2-9H,10-11,16H2,1H3. The average Bonchev–Trinajstić information content (AvgIpc) is 2.46. The summed E-state index contributed by atoms with van der Waals surface area (Å²) in [5.74, 6) is 0.889. The van der Waals surface area contributed by atoms with E-state index in [1.807, 2.05) is 30.3 Å². The molecular formula is C15H17NOS. The van der Waals surface area contributed by atoms with Gasteiger partial charge in [-0.1, -0.05) is 24.3 Å². The normalized spacial score (nSPS) is 10.3. The van der Waals surface area contributed by atoms with Crippen LogP contribution in [0.15, 0.2) is 53.4 Å². The number of benzene rings is 2. The molecule has 18 heavy (non-hydrogen) atoms. The van der Waals surface area contributed by atoms with Crippen molar-refractivity contribution in [3.8, 4) is 5.75 Å². The number of nitrogens with two attached hydrogens (primary N) is 1. The molecule has 0 atom stereocenters. The molecule has 3 heteroatoms. The lowest BCUT2D eigenvalue weighted by molar-refractivity contribution is 0.305. The van der Waals surface area contributed by atoms with Crippen LogP contribution in [0.25, 0.3) is 0 Å². The van der Waals surface area contributed by atoms with Gasteiger partial charge in [-0.15, -0.1) is 11.8 Å². The number of ether oxygens (including phenoxy) is 1. The van der Waals surface area contributed by atoms with Crippen LogP contribution in [0.1, 0.15) is 11.1 Å². The van der Waals surface area contributed by atoms with E-state index in [1.165, 1.54) is 4.90 Å². The molecule has 0 saturated carbocycles. The highest BCUT2D eigenvalue weighted by Gasteiger charge is 2.01. The van der Waals surface area contributed by atoms with Gasteiger partial charge in [-0.25, -0.2) is 0 Å². The lowest BCUT2D eigenvalue weighted by Gasteiger charge is -2.10. The van der Waals surface area contributed by atoms with E-state index in [-0.39, 0.29) is 0 Å². The molecule has 0 aromatic heterocycles. The molecule has 0 bridgehead atoms. The Balaban J connectivity index is 2.02. The maximum Gasteiger partial charge on any atom is 0.119 e. The third-order valence-corrected chi connectivity index (χ3v) is 3.54. The van der Waals surface area contributed by atoms with Crippen LogP contribution in [0.4, 0.5) is 0 Å². The van der Waals surface area contributed by atoms with Gasteiger partial charge in [0.1, 0.15) is 12.4 Å². The molecule has 0 amide bonds. The summed E-state index contributed by atoms with van der Waals surface area (Å²) in [4.78, 5) is 1.24. The molecule has 2 nitrogen and oxygen atoms in total. The van der Waals surface area contributed by atoms with E-state index in [0.717, 1.165) is 16.9 Å². The molecular weight excluding hydrogens is 242 g/mol. The summed E-state index contributed by atoms with van der Waals surface area (Å²) in [7, 11) is 0. The van der Waals surface area contributed by atoms with Crippen LogP contribution in [0.5, 0.6) is 5.75 Å². The minimum Gasteiger partial charge on any atom is -0.489 e. The SMILES string of the molecule is CSc1ccc(OCc2ccccc2CN)cc1. The van der Waals surface area contributed by atoms with Gasteiger partial charge < -0.3 is 10.5 Å². The summed E-state index contributed by atoms with van der Waals surface area (Å²) in [6, 6.07) is 16.2. The first-order valence-electron chi connectivity index (χ1n) is 5.87. The largest absolute Gasteiger partial charge is 0.489 e. The second-order valence-electron chi connectivity index (χ2n) is 3.94. The zero-order chi connectivity index (χ0) is 12.8. The summed E-state index contributed by atoms with van der Waals surface area (Å²) >= 11 is 1.73. The highest BCUT2D eigenvalue weighted by Crippen LogP contribution is 2.20. The fourth-order valence-corrected chi connectivity index (χ4v) is 2.14. The Labute approximate surface area is 112 Å². The summed E-state index contributed by atoms with van der Waals surface area (Å²) in [6.07, 6.45) is 2.06. The van der Waals surface area contributed by atoms with E-state index in [1.54, 1.807) is 11.8 Å². The first-order chi connectivity index (χ1) is 8.83. The van der Waals surface area contributed by atoms with Crippen molar-refractivity contribution in [1.29, 1.82) is 0 Å². The van der Waals surface area contributed by atoms with Crippen molar-refractivity contribution in [3.05, 3.63) is 59.7 Å². The van der Waals surface area contributed by atoms with Crippen LogP contribution >= 0.6 is 11.8 Å². The number of rotatable bonds is 5. The number of thioether (sulfide) groups is 1. The Kier molecular flexibility index (Phi) is 4.67. The zero-order valence-corrected chi connectivity index (χ0v) is 11.2. The molecule has 2 aromatic rings. The molecule has 0 aliphatic rings. The summed E-state index contributed by atoms with van der Waals surface area (Å²) < 4.78 is 5.77. The Morgan fingerprint density at radius 2 is 1.67 bits per heavy atom. The molecule has 0 unspecified atom stereocenters. The predicted molar refractivity (Wildman–Crippen MR) is 76.9 cm³/mol. The van der Waals surface area contributed by atoms with Gasteiger partial charge in [0, 0.05) is 11.4 Å². The summed E-state index contributed by atoms with van der Waals surface area (Å²) in [5, 5.41) is 0. The van der Waals surface area contributed by atoms with Gasteiger partial charge in [0.25, 0.3) is 0 Å². The quantitative estimate of drug-likeness (QED) is 0.835. The van der Waals surface area contributed by atoms with E-state index in [2.05, 4.69) is 24.5 Å². The summed E-state index contributed by atoms with van der Waals surface area (Å²) in [6.45, 7) is 1.11. The zero-order valence-electron chi connectivity index (χ0n) is 10.4. The van der Waals surface area contributed by atoms with Gasteiger partial charge in [0.05, 0.1) is 0 Å². The van der Waals surface area contributed by atoms with Crippen LogP contribution in [0.2, 0.25) is 0 Å². The molecule has 0 aliphatic heterocycles. The minimum atomic E-state index is 0.547. The van der Waals surface area contributed by atoms with E-state index in [4.69, 9.17) is 10.5 Å². The van der Waals surface area contributed by atoms with Crippen LogP contribution in [-0.4, -0.2) is 6.26 Å². The van der Waals surface area contributed by atoms with E-state index >= 15 is 0 Å². The Morgan fingerprint density at radius 3 is 2.28 bits per heavy atom. The van der Waals surface area contributed by atoms with E-state index < -0.39 is 0 Å². The van der Waals surface area contributed by atoms with Crippen LogP contribution in [0, 0.1) is 0 Å². The predicted octanol–water partition coefficient (Wildman–Crippen LogP) is 3.45. The van der Waals surface area contributed by atoms with E-state index in [9.17, 15) is 0 Å². The topological polar surface area (TPSA) is 35.2 Å². The monoisotopic (exact) mass is 259 g/mol. The maximum atomic E-state index is 5.77. The maximum absolute atomic E-state index is 5.77. The molecule has 0 fully saturated rings. The molecule has 0 saturated heterocycles. The van der Waals surface area contributed by atoms with Crippen molar-refractivity contribution in [2.75, 3.05) is 6.26 Å². The molecule has 2 N–H and O–H groups in total. The lowest BCUT2D eigenvalue weighted by atomic mass is 10.1. The second kappa shape index (κ2) is 6.47. The van der Waals surface area contributed by atoms with Crippen LogP contribution in [-0.2, 0) is 13.2 Å². The van der Waals surface area contributed by atoms with Crippen molar-refractivity contribution in [2.24, 2.45) is 5.73 Å². The van der Waals surface area contributed by atoms with Gasteiger partial charge in [-0.2, -0.15) is 0 Å². The van der Waals surface area contributed by atoms with Crippen molar-refractivity contribution in [2.45, 2.75) is 18.0 Å². The third-order valence-electron chi connectivity index (χ3n) is 2.79. The van der Waals surface area contributed by atoms with Gasteiger partial charge in [0.2, 0.25) is 0 Å². The molecule has 2 aromatic carbocycles. The van der Waals surface area contributed by atoms with Crippen LogP contribution in [0.3, 0.4) is 0 Å². The van der Waals surface area contributed by atoms with Gasteiger partial charge in [-0.05, 0) is 41.6 Å². The Morgan fingerprint density at radius 1 is 1.00 bits per heavy atom. The Hall–Kier alpha value is -1.45. The van der Waals surface area contributed by atoms with Crippen molar-refractivity contribution < 1.29 is 4.74 Å².